The van der Waals surface area contributed by atoms with E-state index in [9.17, 15) is 18.3 Å². The highest BCUT2D eigenvalue weighted by Crippen LogP contribution is 2.22. The molecule has 0 fully saturated rings. The summed E-state index contributed by atoms with van der Waals surface area (Å²) in [4.78, 5) is 12.3. The minimum atomic E-state index is -3.68. The summed E-state index contributed by atoms with van der Waals surface area (Å²) in [5.74, 6) is -0.578. The third-order valence-corrected chi connectivity index (χ3v) is 6.23. The number of nitrogens with zero attached hydrogens (tertiary/aromatic N) is 1. The van der Waals surface area contributed by atoms with Crippen LogP contribution in [0.25, 0.3) is 0 Å². The lowest BCUT2D eigenvalue weighted by atomic mass is 9.99. The number of sulfonamides is 1. The Balaban J connectivity index is 2.03. The summed E-state index contributed by atoms with van der Waals surface area (Å²) < 4.78 is 30.9. The fourth-order valence-corrected chi connectivity index (χ4v) is 3.67. The molecule has 0 radical (unpaired) electrons. The molecule has 0 aliphatic heterocycles. The van der Waals surface area contributed by atoms with Crippen molar-refractivity contribution in [1.29, 1.82) is 0 Å². The second-order valence-electron chi connectivity index (χ2n) is 6.77. The van der Waals surface area contributed by atoms with Crippen LogP contribution in [0.4, 0.5) is 0 Å². The predicted molar refractivity (Wildman–Crippen MR) is 102 cm³/mol. The van der Waals surface area contributed by atoms with E-state index in [2.05, 4.69) is 5.32 Å². The summed E-state index contributed by atoms with van der Waals surface area (Å²) in [6, 6.07) is 9.22. The van der Waals surface area contributed by atoms with E-state index in [1.165, 1.54) is 27.1 Å². The van der Waals surface area contributed by atoms with Crippen molar-refractivity contribution in [2.45, 2.75) is 25.2 Å². The van der Waals surface area contributed by atoms with Crippen LogP contribution >= 0.6 is 0 Å². The van der Waals surface area contributed by atoms with Crippen LogP contribution in [0.1, 0.15) is 27.4 Å². The van der Waals surface area contributed by atoms with Crippen molar-refractivity contribution in [2.75, 3.05) is 27.2 Å². The number of rotatable bonds is 8. The van der Waals surface area contributed by atoms with E-state index in [0.29, 0.717) is 6.42 Å². The van der Waals surface area contributed by atoms with Gasteiger partial charge in [0.15, 0.2) is 5.76 Å². The van der Waals surface area contributed by atoms with Crippen LogP contribution in [-0.4, -0.2) is 51.0 Å². The monoisotopic (exact) mass is 394 g/mol. The number of aryl methyl sites for hydroxylation is 2. The van der Waals surface area contributed by atoms with Gasteiger partial charge in [0, 0.05) is 39.2 Å². The zero-order valence-corrected chi connectivity index (χ0v) is 16.8. The molecule has 8 heteroatoms. The molecule has 0 unspecified atom stereocenters. The maximum atomic E-state index is 12.3. The van der Waals surface area contributed by atoms with Crippen LogP contribution in [0.15, 0.2) is 39.6 Å². The quantitative estimate of drug-likeness (QED) is 0.710. The van der Waals surface area contributed by atoms with Crippen molar-refractivity contribution >= 4 is 15.9 Å². The van der Waals surface area contributed by atoms with E-state index in [-0.39, 0.29) is 35.5 Å². The third kappa shape index (κ3) is 5.18. The molecule has 1 atom stereocenters. The SMILES string of the molecule is Cc1ccc(C[C@@H](CO)CNC(=O)c2cc(S(=O)(=O)N(C)C)c(C)o2)cc1. The number of carbonyl (C=O) groups excluding carboxylic acids is 1. The van der Waals surface area contributed by atoms with Gasteiger partial charge >= 0.3 is 0 Å². The van der Waals surface area contributed by atoms with Gasteiger partial charge in [-0.3, -0.25) is 4.79 Å². The number of benzene rings is 1. The molecule has 27 heavy (non-hydrogen) atoms. The lowest BCUT2D eigenvalue weighted by Crippen LogP contribution is -2.31. The summed E-state index contributed by atoms with van der Waals surface area (Å²) in [5.41, 5.74) is 2.23. The van der Waals surface area contributed by atoms with Crippen molar-refractivity contribution in [3.8, 4) is 0 Å². The Morgan fingerprint density at radius 3 is 2.41 bits per heavy atom. The van der Waals surface area contributed by atoms with Crippen molar-refractivity contribution in [1.82, 2.24) is 9.62 Å². The first kappa shape index (κ1) is 21.1. The van der Waals surface area contributed by atoms with Gasteiger partial charge in [0.25, 0.3) is 5.91 Å². The molecular weight excluding hydrogens is 368 g/mol. The van der Waals surface area contributed by atoms with Gasteiger partial charge in [-0.25, -0.2) is 12.7 Å². The molecule has 0 saturated carbocycles. The van der Waals surface area contributed by atoms with Crippen molar-refractivity contribution in [3.05, 3.63) is 53.0 Å². The first-order valence-electron chi connectivity index (χ1n) is 8.62. The van der Waals surface area contributed by atoms with E-state index in [0.717, 1.165) is 15.4 Å². The maximum absolute atomic E-state index is 12.3. The highest BCUT2D eigenvalue weighted by molar-refractivity contribution is 7.89. The topological polar surface area (TPSA) is 99.8 Å². The second-order valence-corrected chi connectivity index (χ2v) is 8.89. The number of aliphatic hydroxyl groups is 1. The number of hydrogen-bond acceptors (Lipinski definition) is 5. The molecule has 2 aromatic rings. The van der Waals surface area contributed by atoms with Gasteiger partial charge in [-0.15, -0.1) is 0 Å². The highest BCUT2D eigenvalue weighted by Gasteiger charge is 2.26. The summed E-state index contributed by atoms with van der Waals surface area (Å²) in [6.07, 6.45) is 0.620. The Hall–Kier alpha value is -2.16. The number of aliphatic hydroxyl groups excluding tert-OH is 1. The molecule has 0 saturated heterocycles. The Bertz CT molecular complexity index is 885. The van der Waals surface area contributed by atoms with Crippen LogP contribution in [0.5, 0.6) is 0 Å². The normalized spacial score (nSPS) is 13.0. The van der Waals surface area contributed by atoms with Crippen molar-refractivity contribution in [2.24, 2.45) is 5.92 Å². The van der Waals surface area contributed by atoms with Crippen LogP contribution < -0.4 is 5.32 Å². The Labute approximate surface area is 160 Å². The number of nitrogens with one attached hydrogen (secondary N) is 1. The Morgan fingerprint density at radius 2 is 1.85 bits per heavy atom. The standard InChI is InChI=1S/C19H26N2O5S/c1-13-5-7-15(8-6-13)9-16(12-22)11-20-19(23)17-10-18(14(2)26-17)27(24,25)21(3)4/h5-8,10,16,22H,9,11-12H2,1-4H3,(H,20,23)/t16-/m1/s1. The first-order chi connectivity index (χ1) is 12.6. The number of hydrogen-bond donors (Lipinski definition) is 2. The van der Waals surface area contributed by atoms with Gasteiger partial charge in [-0.2, -0.15) is 0 Å². The summed E-state index contributed by atoms with van der Waals surface area (Å²) in [5, 5.41) is 12.3. The summed E-state index contributed by atoms with van der Waals surface area (Å²) in [7, 11) is -0.851. The lowest BCUT2D eigenvalue weighted by molar-refractivity contribution is 0.0911. The largest absolute Gasteiger partial charge is 0.455 e. The van der Waals surface area contributed by atoms with E-state index < -0.39 is 15.9 Å². The zero-order chi connectivity index (χ0) is 20.2. The molecule has 0 aliphatic rings. The summed E-state index contributed by atoms with van der Waals surface area (Å²) >= 11 is 0. The van der Waals surface area contributed by atoms with Gasteiger partial charge in [-0.05, 0) is 25.8 Å². The number of carbonyl (C=O) groups is 1. The van der Waals surface area contributed by atoms with Gasteiger partial charge in [0.2, 0.25) is 10.0 Å². The molecule has 0 bridgehead atoms. The molecule has 2 rings (SSSR count). The number of furan rings is 1. The average Bonchev–Trinajstić information content (AvgIpc) is 3.02. The second kappa shape index (κ2) is 8.69. The average molecular weight is 394 g/mol. The third-order valence-electron chi connectivity index (χ3n) is 4.31. The fraction of sp³-hybridized carbons (Fsp3) is 0.421. The molecule has 7 nitrogen and oxygen atoms in total. The molecule has 148 valence electrons. The van der Waals surface area contributed by atoms with Crippen LogP contribution in [0.3, 0.4) is 0 Å². The smallest absolute Gasteiger partial charge is 0.287 e. The molecule has 0 spiro atoms. The van der Waals surface area contributed by atoms with Gasteiger partial charge in [0.05, 0.1) is 0 Å². The van der Waals surface area contributed by atoms with E-state index in [1.54, 1.807) is 0 Å². The minimum absolute atomic E-state index is 0.0315. The zero-order valence-electron chi connectivity index (χ0n) is 16.0. The van der Waals surface area contributed by atoms with Crippen molar-refractivity contribution < 1.29 is 22.7 Å². The molecular formula is C19H26N2O5S. The van der Waals surface area contributed by atoms with Crippen LogP contribution in [0.2, 0.25) is 0 Å². The van der Waals surface area contributed by atoms with Gasteiger partial charge < -0.3 is 14.8 Å². The van der Waals surface area contributed by atoms with Crippen LogP contribution in [0, 0.1) is 19.8 Å². The van der Waals surface area contributed by atoms with Gasteiger partial charge in [0.1, 0.15) is 10.7 Å². The molecule has 1 heterocycles. The molecule has 0 aliphatic carbocycles. The van der Waals surface area contributed by atoms with Crippen LogP contribution in [-0.2, 0) is 16.4 Å². The molecule has 2 N–H and O–H groups in total. The molecule has 1 aromatic heterocycles. The highest BCUT2D eigenvalue weighted by atomic mass is 32.2. The maximum Gasteiger partial charge on any atom is 0.287 e. The lowest BCUT2D eigenvalue weighted by Gasteiger charge is -2.15. The fourth-order valence-electron chi connectivity index (χ4n) is 2.61. The predicted octanol–water partition coefficient (Wildman–Crippen LogP) is 1.73. The minimum Gasteiger partial charge on any atom is -0.455 e. The molecule has 1 aromatic carbocycles. The summed E-state index contributed by atoms with van der Waals surface area (Å²) in [6.45, 7) is 3.68. The van der Waals surface area contributed by atoms with Gasteiger partial charge in [-0.1, -0.05) is 29.8 Å². The first-order valence-corrected chi connectivity index (χ1v) is 10.1. The number of amides is 1. The van der Waals surface area contributed by atoms with E-state index >= 15 is 0 Å². The Morgan fingerprint density at radius 1 is 1.22 bits per heavy atom. The van der Waals surface area contributed by atoms with E-state index in [1.807, 2.05) is 31.2 Å². The Kier molecular flexibility index (Phi) is 6.80. The van der Waals surface area contributed by atoms with Crippen molar-refractivity contribution in [3.63, 3.8) is 0 Å². The molecule has 1 amide bonds. The van der Waals surface area contributed by atoms with E-state index in [4.69, 9.17) is 4.42 Å².